The van der Waals surface area contributed by atoms with Crippen LogP contribution in [0.2, 0.25) is 0 Å². The number of amides is 3. The summed E-state index contributed by atoms with van der Waals surface area (Å²) in [4.78, 5) is 39.7. The molecule has 0 atom stereocenters. The summed E-state index contributed by atoms with van der Waals surface area (Å²) in [5.41, 5.74) is 3.28. The minimum absolute atomic E-state index is 0.188. The first-order valence-corrected chi connectivity index (χ1v) is 10.5. The van der Waals surface area contributed by atoms with Gasteiger partial charge in [-0.1, -0.05) is 50.2 Å². The summed E-state index contributed by atoms with van der Waals surface area (Å²) in [6, 6.07) is 19.5. The molecule has 3 amide bonds. The van der Waals surface area contributed by atoms with Gasteiger partial charge in [-0.3, -0.25) is 14.4 Å². The van der Waals surface area contributed by atoms with Gasteiger partial charge in [0.05, 0.1) is 22.5 Å². The number of imide groups is 1. The van der Waals surface area contributed by atoms with Gasteiger partial charge in [-0.15, -0.1) is 0 Å². The average Bonchev–Trinajstić information content (AvgIpc) is 3.03. The van der Waals surface area contributed by atoms with Gasteiger partial charge < -0.3 is 10.1 Å². The van der Waals surface area contributed by atoms with Gasteiger partial charge in [0.15, 0.2) is 6.61 Å². The first-order chi connectivity index (χ1) is 15.4. The third kappa shape index (κ3) is 3.99. The van der Waals surface area contributed by atoms with Gasteiger partial charge in [0, 0.05) is 0 Å². The van der Waals surface area contributed by atoms with Crippen LogP contribution in [0.3, 0.4) is 0 Å². The quantitative estimate of drug-likeness (QED) is 0.565. The van der Waals surface area contributed by atoms with Crippen LogP contribution in [0.25, 0.3) is 0 Å². The number of hydrogen-bond donors (Lipinski definition) is 1. The van der Waals surface area contributed by atoms with Gasteiger partial charge in [-0.25, -0.2) is 4.90 Å². The molecule has 0 aliphatic carbocycles. The molecule has 0 saturated carbocycles. The molecule has 32 heavy (non-hydrogen) atoms. The minimum Gasteiger partial charge on any atom is -0.483 e. The van der Waals surface area contributed by atoms with Crippen LogP contribution < -0.4 is 15.0 Å². The number of ether oxygens (including phenoxy) is 1. The highest BCUT2D eigenvalue weighted by atomic mass is 16.5. The van der Waals surface area contributed by atoms with Crippen LogP contribution in [0.15, 0.2) is 66.7 Å². The summed E-state index contributed by atoms with van der Waals surface area (Å²) in [7, 11) is 0. The zero-order valence-corrected chi connectivity index (χ0v) is 18.2. The van der Waals surface area contributed by atoms with E-state index in [-0.39, 0.29) is 23.7 Å². The van der Waals surface area contributed by atoms with E-state index in [0.717, 1.165) is 16.0 Å². The highest BCUT2D eigenvalue weighted by Gasteiger charge is 2.38. The van der Waals surface area contributed by atoms with Crippen LogP contribution in [-0.4, -0.2) is 24.3 Å². The van der Waals surface area contributed by atoms with Crippen molar-refractivity contribution in [2.75, 3.05) is 16.8 Å². The number of nitrogens with zero attached hydrogens (tertiary/aromatic N) is 1. The standard InChI is InChI=1S/C26H24N2O4/c1-16(2)19-13-12-17(3)14-22(19)32-15-23(29)27-21-11-7-10-20-24(21)26(31)28(25(20)30)18-8-5-4-6-9-18/h4-14,16H,15H2,1-3H3,(H,27,29). The lowest BCUT2D eigenvalue weighted by Crippen LogP contribution is -2.29. The molecule has 0 saturated heterocycles. The molecule has 3 aromatic carbocycles. The van der Waals surface area contributed by atoms with E-state index in [4.69, 9.17) is 4.74 Å². The Kier molecular flexibility index (Phi) is 5.77. The molecule has 0 fully saturated rings. The predicted octanol–water partition coefficient (Wildman–Crippen LogP) is 4.94. The lowest BCUT2D eigenvalue weighted by molar-refractivity contribution is -0.118. The number of carbonyl (C=O) groups is 3. The molecule has 162 valence electrons. The molecule has 1 N–H and O–H groups in total. The third-order valence-electron chi connectivity index (χ3n) is 5.35. The Labute approximate surface area is 186 Å². The van der Waals surface area contributed by atoms with Crippen molar-refractivity contribution in [2.45, 2.75) is 26.7 Å². The zero-order chi connectivity index (χ0) is 22.8. The van der Waals surface area contributed by atoms with Gasteiger partial charge in [0.25, 0.3) is 17.7 Å². The van der Waals surface area contributed by atoms with E-state index in [9.17, 15) is 14.4 Å². The highest BCUT2D eigenvalue weighted by Crippen LogP contribution is 2.33. The number of nitrogens with one attached hydrogen (secondary N) is 1. The summed E-state index contributed by atoms with van der Waals surface area (Å²) in [5, 5.41) is 2.74. The largest absolute Gasteiger partial charge is 0.483 e. The summed E-state index contributed by atoms with van der Waals surface area (Å²) >= 11 is 0. The van der Waals surface area contributed by atoms with E-state index in [1.54, 1.807) is 42.5 Å². The number of benzene rings is 3. The number of fused-ring (bicyclic) bond motifs is 1. The SMILES string of the molecule is Cc1ccc(C(C)C)c(OCC(=O)Nc2cccc3c2C(=O)N(c2ccccc2)C3=O)c1. The Bertz CT molecular complexity index is 1200. The second-order valence-corrected chi connectivity index (χ2v) is 8.04. The molecule has 4 rings (SSSR count). The number of para-hydroxylation sites is 1. The number of hydrogen-bond acceptors (Lipinski definition) is 4. The Morgan fingerprint density at radius 1 is 0.969 bits per heavy atom. The molecule has 6 heteroatoms. The van der Waals surface area contributed by atoms with E-state index >= 15 is 0 Å². The summed E-state index contributed by atoms with van der Waals surface area (Å²) < 4.78 is 5.80. The lowest BCUT2D eigenvalue weighted by Gasteiger charge is -2.15. The molecule has 1 aliphatic rings. The van der Waals surface area contributed by atoms with Crippen molar-refractivity contribution in [1.82, 2.24) is 0 Å². The van der Waals surface area contributed by atoms with E-state index < -0.39 is 17.7 Å². The Hall–Kier alpha value is -3.93. The fourth-order valence-electron chi connectivity index (χ4n) is 3.77. The number of rotatable bonds is 6. The second kappa shape index (κ2) is 8.67. The monoisotopic (exact) mass is 428 g/mol. The Balaban J connectivity index is 1.53. The van der Waals surface area contributed by atoms with Gasteiger partial charge >= 0.3 is 0 Å². The van der Waals surface area contributed by atoms with Crippen molar-refractivity contribution in [3.8, 4) is 5.75 Å². The molecular formula is C26H24N2O4. The first-order valence-electron chi connectivity index (χ1n) is 10.5. The van der Waals surface area contributed by atoms with Gasteiger partial charge in [-0.2, -0.15) is 0 Å². The van der Waals surface area contributed by atoms with Crippen molar-refractivity contribution in [3.63, 3.8) is 0 Å². The molecule has 0 spiro atoms. The lowest BCUT2D eigenvalue weighted by atomic mass is 10.0. The van der Waals surface area contributed by atoms with Crippen molar-refractivity contribution >= 4 is 29.1 Å². The minimum atomic E-state index is -0.464. The third-order valence-corrected chi connectivity index (χ3v) is 5.35. The number of aryl methyl sites for hydroxylation is 1. The normalized spacial score (nSPS) is 12.8. The maximum Gasteiger partial charge on any atom is 0.268 e. The molecule has 1 aliphatic heterocycles. The smallest absolute Gasteiger partial charge is 0.268 e. The molecule has 3 aromatic rings. The Morgan fingerprint density at radius 3 is 2.44 bits per heavy atom. The zero-order valence-electron chi connectivity index (χ0n) is 18.2. The highest BCUT2D eigenvalue weighted by molar-refractivity contribution is 6.36. The van der Waals surface area contributed by atoms with Crippen LogP contribution >= 0.6 is 0 Å². The maximum absolute atomic E-state index is 13.1. The maximum atomic E-state index is 13.1. The number of carbonyl (C=O) groups excluding carboxylic acids is 3. The van der Waals surface area contributed by atoms with Crippen LogP contribution in [0.4, 0.5) is 11.4 Å². The fraction of sp³-hybridized carbons (Fsp3) is 0.192. The van der Waals surface area contributed by atoms with E-state index in [1.165, 1.54) is 0 Å². The number of anilines is 2. The van der Waals surface area contributed by atoms with Crippen molar-refractivity contribution in [2.24, 2.45) is 0 Å². The second-order valence-electron chi connectivity index (χ2n) is 8.04. The summed E-state index contributed by atoms with van der Waals surface area (Å²) in [6.45, 7) is 5.88. The molecule has 0 radical (unpaired) electrons. The predicted molar refractivity (Wildman–Crippen MR) is 123 cm³/mol. The molecular weight excluding hydrogens is 404 g/mol. The molecule has 1 heterocycles. The van der Waals surface area contributed by atoms with Crippen LogP contribution in [-0.2, 0) is 4.79 Å². The fourth-order valence-corrected chi connectivity index (χ4v) is 3.77. The van der Waals surface area contributed by atoms with Crippen LogP contribution in [0, 0.1) is 6.92 Å². The molecule has 6 nitrogen and oxygen atoms in total. The van der Waals surface area contributed by atoms with E-state index in [1.807, 2.05) is 31.2 Å². The van der Waals surface area contributed by atoms with E-state index in [0.29, 0.717) is 17.1 Å². The molecule has 0 unspecified atom stereocenters. The van der Waals surface area contributed by atoms with Gasteiger partial charge in [0.1, 0.15) is 5.75 Å². The van der Waals surface area contributed by atoms with Crippen molar-refractivity contribution in [3.05, 3.63) is 89.0 Å². The first kappa shape index (κ1) is 21.3. The Morgan fingerprint density at radius 2 is 1.72 bits per heavy atom. The molecule has 0 bridgehead atoms. The van der Waals surface area contributed by atoms with Gasteiger partial charge in [0.2, 0.25) is 0 Å². The van der Waals surface area contributed by atoms with E-state index in [2.05, 4.69) is 19.2 Å². The summed E-state index contributed by atoms with van der Waals surface area (Å²) in [6.07, 6.45) is 0. The van der Waals surface area contributed by atoms with Gasteiger partial charge in [-0.05, 0) is 54.3 Å². The summed E-state index contributed by atoms with van der Waals surface area (Å²) in [5.74, 6) is -0.375. The van der Waals surface area contributed by atoms with Crippen molar-refractivity contribution in [1.29, 1.82) is 0 Å². The molecule has 0 aromatic heterocycles. The average molecular weight is 428 g/mol. The van der Waals surface area contributed by atoms with Crippen LogP contribution in [0.1, 0.15) is 51.6 Å². The van der Waals surface area contributed by atoms with Crippen molar-refractivity contribution < 1.29 is 19.1 Å². The topological polar surface area (TPSA) is 75.7 Å². The van der Waals surface area contributed by atoms with Crippen LogP contribution in [0.5, 0.6) is 5.75 Å².